The van der Waals surface area contributed by atoms with Gasteiger partial charge >= 0.3 is 6.03 Å². The summed E-state index contributed by atoms with van der Waals surface area (Å²) in [6.07, 6.45) is 3.83. The third kappa shape index (κ3) is 5.38. The quantitative estimate of drug-likeness (QED) is 0.560. The molecule has 1 N–H and O–H groups in total. The Labute approximate surface area is 193 Å². The molecule has 0 spiro atoms. The highest BCUT2D eigenvalue weighted by Crippen LogP contribution is 2.46. The number of nitrogens with one attached hydrogen (secondary N) is 1. The van der Waals surface area contributed by atoms with Crippen molar-refractivity contribution in [3.8, 4) is 0 Å². The maximum absolute atomic E-state index is 13.0. The fraction of sp³-hybridized carbons (Fsp3) is 0.455. The number of hydrogen-bond donors (Lipinski definition) is 1. The largest absolute Gasteiger partial charge is 0.332 e. The van der Waals surface area contributed by atoms with Crippen molar-refractivity contribution in [2.75, 3.05) is 5.75 Å². The molecule has 1 fully saturated rings. The molecular formula is C22H29N3O3S3. The highest BCUT2D eigenvalue weighted by molar-refractivity contribution is 8.22. The van der Waals surface area contributed by atoms with Crippen LogP contribution in [0.4, 0.5) is 4.79 Å². The van der Waals surface area contributed by atoms with E-state index in [9.17, 15) is 13.2 Å². The van der Waals surface area contributed by atoms with E-state index < -0.39 is 10.0 Å². The summed E-state index contributed by atoms with van der Waals surface area (Å²) in [5.74, 6) is 1.55. The zero-order chi connectivity index (χ0) is 22.8. The maximum Gasteiger partial charge on any atom is 0.332 e. The summed E-state index contributed by atoms with van der Waals surface area (Å²) in [5.41, 5.74) is 2.38. The summed E-state index contributed by atoms with van der Waals surface area (Å²) >= 11 is 3.32. The molecule has 1 atom stereocenters. The molecule has 2 aliphatic heterocycles. The topological polar surface area (TPSA) is 78.8 Å². The number of rotatable bonds is 7. The fourth-order valence-electron chi connectivity index (χ4n) is 3.22. The van der Waals surface area contributed by atoms with Crippen molar-refractivity contribution in [2.24, 2.45) is 10.3 Å². The Kier molecular flexibility index (Phi) is 7.59. The number of nitrogens with zero attached hydrogens (tertiary/aromatic N) is 2. The Morgan fingerprint density at radius 1 is 1.29 bits per heavy atom. The van der Waals surface area contributed by atoms with Gasteiger partial charge in [0.25, 0.3) is 10.0 Å². The third-order valence-electron chi connectivity index (χ3n) is 4.90. The van der Waals surface area contributed by atoms with E-state index in [4.69, 9.17) is 0 Å². The summed E-state index contributed by atoms with van der Waals surface area (Å²) in [4.78, 5) is 14.6. The molecule has 2 amide bonds. The van der Waals surface area contributed by atoms with Gasteiger partial charge in [0.2, 0.25) is 0 Å². The number of urea groups is 1. The van der Waals surface area contributed by atoms with E-state index in [1.54, 1.807) is 40.6 Å². The molecule has 3 rings (SSSR count). The van der Waals surface area contributed by atoms with E-state index in [0.717, 1.165) is 34.1 Å². The summed E-state index contributed by atoms with van der Waals surface area (Å²) in [6.45, 7) is 10.3. The molecule has 0 saturated carbocycles. The van der Waals surface area contributed by atoms with Gasteiger partial charge in [-0.05, 0) is 50.5 Å². The van der Waals surface area contributed by atoms with E-state index in [0.29, 0.717) is 11.6 Å². The molecule has 9 heteroatoms. The zero-order valence-electron chi connectivity index (χ0n) is 18.5. The van der Waals surface area contributed by atoms with Crippen molar-refractivity contribution in [3.05, 3.63) is 51.5 Å². The van der Waals surface area contributed by atoms with Gasteiger partial charge < -0.3 is 0 Å². The van der Waals surface area contributed by atoms with E-state index in [1.807, 2.05) is 19.9 Å². The first kappa shape index (κ1) is 23.9. The predicted octanol–water partition coefficient (Wildman–Crippen LogP) is 5.49. The Hall–Kier alpha value is -1.71. The molecule has 6 nitrogen and oxygen atoms in total. The maximum atomic E-state index is 13.0. The Bertz CT molecular complexity index is 1040. The summed E-state index contributed by atoms with van der Waals surface area (Å²) in [7, 11) is -3.96. The van der Waals surface area contributed by atoms with E-state index in [2.05, 4.69) is 30.5 Å². The average Bonchev–Trinajstić information content (AvgIpc) is 3.00. The third-order valence-corrected chi connectivity index (χ3v) is 8.73. The molecule has 2 aliphatic rings. The monoisotopic (exact) mass is 479 g/mol. The highest BCUT2D eigenvalue weighted by atomic mass is 32.2. The molecular weight excluding hydrogens is 450 g/mol. The first-order valence-corrected chi connectivity index (χ1v) is 13.7. The number of hydrogen-bond acceptors (Lipinski definition) is 5. The lowest BCUT2D eigenvalue weighted by Crippen LogP contribution is -2.33. The first-order chi connectivity index (χ1) is 14.6. The van der Waals surface area contributed by atoms with Gasteiger partial charge in [0, 0.05) is 10.9 Å². The SMILES string of the molecule is CC/C=C1/C(C)SC(SCCC(C)C)=C2C(=NS(=O)(=O)c3ccc(C)cc3)NC(=O)N21. The molecule has 168 valence electrons. The van der Waals surface area contributed by atoms with Crippen molar-refractivity contribution < 1.29 is 13.2 Å². The number of amides is 2. The Morgan fingerprint density at radius 3 is 2.58 bits per heavy atom. The van der Waals surface area contributed by atoms with Crippen LogP contribution in [0.2, 0.25) is 0 Å². The predicted molar refractivity (Wildman–Crippen MR) is 131 cm³/mol. The molecule has 1 unspecified atom stereocenters. The number of aryl methyl sites for hydroxylation is 1. The summed E-state index contributed by atoms with van der Waals surface area (Å²) in [6, 6.07) is 6.19. The summed E-state index contributed by atoms with van der Waals surface area (Å²) < 4.78 is 30.9. The number of thioether (sulfide) groups is 2. The summed E-state index contributed by atoms with van der Waals surface area (Å²) in [5, 5.41) is 2.79. The minimum atomic E-state index is -3.96. The lowest BCUT2D eigenvalue weighted by Gasteiger charge is -2.31. The van der Waals surface area contributed by atoms with Gasteiger partial charge in [-0.2, -0.15) is 8.42 Å². The lowest BCUT2D eigenvalue weighted by molar-refractivity contribution is 0.230. The van der Waals surface area contributed by atoms with Gasteiger partial charge in [0.1, 0.15) is 5.70 Å². The van der Waals surface area contributed by atoms with E-state index >= 15 is 0 Å². The van der Waals surface area contributed by atoms with E-state index in [1.165, 1.54) is 12.1 Å². The minimum Gasteiger partial charge on any atom is -0.289 e. The molecule has 2 heterocycles. The number of allylic oxidation sites excluding steroid dienone is 1. The number of fused-ring (bicyclic) bond motifs is 1. The van der Waals surface area contributed by atoms with Crippen molar-refractivity contribution in [1.29, 1.82) is 0 Å². The molecule has 0 aromatic heterocycles. The van der Waals surface area contributed by atoms with Crippen LogP contribution in [-0.2, 0) is 10.0 Å². The van der Waals surface area contributed by atoms with Crippen molar-refractivity contribution >= 4 is 45.4 Å². The molecule has 0 aliphatic carbocycles. The highest BCUT2D eigenvalue weighted by Gasteiger charge is 2.42. The molecule has 0 bridgehead atoms. The average molecular weight is 480 g/mol. The fourth-order valence-corrected chi connectivity index (χ4v) is 7.18. The van der Waals surface area contributed by atoms with Gasteiger partial charge in [0.15, 0.2) is 5.84 Å². The van der Waals surface area contributed by atoms with Crippen molar-refractivity contribution in [2.45, 2.75) is 57.6 Å². The number of benzene rings is 1. The van der Waals surface area contributed by atoms with Gasteiger partial charge in [-0.1, -0.05) is 44.5 Å². The second-order valence-electron chi connectivity index (χ2n) is 7.96. The smallest absolute Gasteiger partial charge is 0.289 e. The normalized spacial score (nSPS) is 21.9. The van der Waals surface area contributed by atoms with Crippen LogP contribution >= 0.6 is 23.5 Å². The molecule has 1 aromatic carbocycles. The zero-order valence-corrected chi connectivity index (χ0v) is 21.0. The number of sulfonamides is 1. The number of carbonyl (C=O) groups is 1. The number of amidine groups is 1. The van der Waals surface area contributed by atoms with E-state index in [-0.39, 0.29) is 22.0 Å². The second-order valence-corrected chi connectivity index (χ2v) is 12.3. The standard InChI is InChI=1S/C22H29N3O3S3/c1-6-7-18-16(5)30-21(29-13-12-14(2)3)19-20(23-22(26)25(18)19)24-31(27,28)17-10-8-15(4)9-11-17/h7-11,14,16H,6,12-13H2,1-5H3,(H,23,24,26)/b18-7-. The van der Waals surface area contributed by atoms with Gasteiger partial charge in [-0.25, -0.2) is 4.79 Å². The Balaban J connectivity index is 2.07. The number of carbonyl (C=O) groups excluding carboxylic acids is 1. The molecule has 1 aromatic rings. The van der Waals surface area contributed by atoms with Crippen LogP contribution in [0.15, 0.2) is 55.3 Å². The van der Waals surface area contributed by atoms with Crippen LogP contribution in [0.3, 0.4) is 0 Å². The van der Waals surface area contributed by atoms with Crippen LogP contribution in [0.1, 0.15) is 46.1 Å². The molecule has 0 radical (unpaired) electrons. The first-order valence-electron chi connectivity index (χ1n) is 10.4. The van der Waals surface area contributed by atoms with Crippen molar-refractivity contribution in [3.63, 3.8) is 0 Å². The molecule has 31 heavy (non-hydrogen) atoms. The van der Waals surface area contributed by atoms with Gasteiger partial charge in [-0.3, -0.25) is 10.2 Å². The van der Waals surface area contributed by atoms with Crippen LogP contribution in [0, 0.1) is 12.8 Å². The van der Waals surface area contributed by atoms with Gasteiger partial charge in [0.05, 0.1) is 9.13 Å². The van der Waals surface area contributed by atoms with Crippen LogP contribution in [0.5, 0.6) is 0 Å². The van der Waals surface area contributed by atoms with Gasteiger partial charge in [-0.15, -0.1) is 27.9 Å². The molecule has 1 saturated heterocycles. The minimum absolute atomic E-state index is 0.0871. The Morgan fingerprint density at radius 2 is 1.97 bits per heavy atom. The second kappa shape index (κ2) is 9.83. The van der Waals surface area contributed by atoms with Crippen molar-refractivity contribution in [1.82, 2.24) is 10.2 Å². The van der Waals surface area contributed by atoms with Crippen LogP contribution in [-0.4, -0.2) is 36.2 Å². The van der Waals surface area contributed by atoms with Crippen LogP contribution < -0.4 is 5.32 Å². The lowest BCUT2D eigenvalue weighted by atomic mass is 10.2. The van der Waals surface area contributed by atoms with Crippen LogP contribution in [0.25, 0.3) is 0 Å².